The molecule has 0 radical (unpaired) electrons. The van der Waals surface area contributed by atoms with Crippen LogP contribution in [0.4, 0.5) is 10.2 Å². The van der Waals surface area contributed by atoms with Crippen molar-refractivity contribution >= 4 is 11.7 Å². The van der Waals surface area contributed by atoms with E-state index in [1.807, 2.05) is 31.0 Å². The number of pyridine rings is 1. The molecular weight excluding hydrogens is 575 g/mol. The Hall–Kier alpha value is -3.83. The molecule has 236 valence electrons. The molecule has 2 saturated carbocycles. The van der Waals surface area contributed by atoms with Crippen LogP contribution in [0.25, 0.3) is 0 Å². The molecule has 1 N–H and O–H groups in total. The molecule has 5 aliphatic rings. The fourth-order valence-electron chi connectivity index (χ4n) is 8.01. The highest BCUT2D eigenvalue weighted by molar-refractivity contribution is 5.97. The van der Waals surface area contributed by atoms with Crippen molar-refractivity contribution in [1.29, 1.82) is 0 Å². The minimum Gasteiger partial charge on any atom is -0.490 e. The number of rotatable bonds is 8. The second-order valence-electron chi connectivity index (χ2n) is 14.0. The third kappa shape index (κ3) is 5.10. The highest BCUT2D eigenvalue weighted by atomic mass is 19.1. The maximum absolute atomic E-state index is 14.6. The molecule has 2 saturated heterocycles. The third-order valence-electron chi connectivity index (χ3n) is 10.3. The van der Waals surface area contributed by atoms with Crippen molar-refractivity contribution in [2.75, 3.05) is 37.7 Å². The molecule has 0 bridgehead atoms. The lowest BCUT2D eigenvalue weighted by atomic mass is 9.61. The Morgan fingerprint density at radius 3 is 2.67 bits per heavy atom. The van der Waals surface area contributed by atoms with E-state index in [-0.39, 0.29) is 40.5 Å². The predicted molar refractivity (Wildman–Crippen MR) is 164 cm³/mol. The number of carbonyl (C=O) groups is 1. The summed E-state index contributed by atoms with van der Waals surface area (Å²) in [5.41, 5.74) is 2.90. The van der Waals surface area contributed by atoms with E-state index in [1.54, 1.807) is 6.20 Å². The van der Waals surface area contributed by atoms with Crippen LogP contribution < -0.4 is 19.7 Å². The summed E-state index contributed by atoms with van der Waals surface area (Å²) in [4.78, 5) is 31.3. The monoisotopic (exact) mass is 614 g/mol. The summed E-state index contributed by atoms with van der Waals surface area (Å²) in [6.45, 7) is 8.93. The lowest BCUT2D eigenvalue weighted by molar-refractivity contribution is -0.181. The molecule has 2 aliphatic carbocycles. The van der Waals surface area contributed by atoms with E-state index in [4.69, 9.17) is 14.2 Å². The lowest BCUT2D eigenvalue weighted by Gasteiger charge is -2.59. The fourth-order valence-corrected chi connectivity index (χ4v) is 8.01. The molecule has 5 heterocycles. The summed E-state index contributed by atoms with van der Waals surface area (Å²) in [7, 11) is 0. The molecule has 10 nitrogen and oxygen atoms in total. The number of amides is 1. The number of halogens is 1. The van der Waals surface area contributed by atoms with E-state index in [0.29, 0.717) is 17.3 Å². The molecule has 45 heavy (non-hydrogen) atoms. The molecule has 0 unspecified atom stereocenters. The second-order valence-corrected chi connectivity index (χ2v) is 14.0. The number of anilines is 1. The predicted octanol–water partition coefficient (Wildman–Crippen LogP) is 4.53. The van der Waals surface area contributed by atoms with Crippen LogP contribution in [-0.2, 0) is 17.7 Å². The van der Waals surface area contributed by atoms with Gasteiger partial charge in [-0.3, -0.25) is 9.78 Å². The number of hydrogen-bond donors (Lipinski definition) is 1. The van der Waals surface area contributed by atoms with Gasteiger partial charge in [0, 0.05) is 73.0 Å². The van der Waals surface area contributed by atoms with Gasteiger partial charge in [-0.2, -0.15) is 0 Å². The zero-order chi connectivity index (χ0) is 30.8. The molecule has 11 heteroatoms. The van der Waals surface area contributed by atoms with Crippen molar-refractivity contribution < 1.29 is 23.4 Å². The van der Waals surface area contributed by atoms with Gasteiger partial charge in [-0.05, 0) is 63.8 Å². The quantitative estimate of drug-likeness (QED) is 0.392. The Kier molecular flexibility index (Phi) is 6.94. The molecule has 8 rings (SSSR count). The van der Waals surface area contributed by atoms with Crippen LogP contribution in [0, 0.1) is 16.6 Å². The molecule has 1 aromatic carbocycles. The van der Waals surface area contributed by atoms with Crippen molar-refractivity contribution in [2.24, 2.45) is 10.8 Å². The number of nitrogens with zero attached hydrogens (tertiary/aromatic N) is 5. The van der Waals surface area contributed by atoms with E-state index in [2.05, 4.69) is 25.2 Å². The smallest absolute Gasteiger partial charge is 0.258 e. The first-order valence-electron chi connectivity index (χ1n) is 16.1. The largest absolute Gasteiger partial charge is 0.490 e. The van der Waals surface area contributed by atoms with Crippen LogP contribution in [-0.4, -0.2) is 76.8 Å². The number of ether oxygens (including phenoxy) is 3. The van der Waals surface area contributed by atoms with E-state index in [0.717, 1.165) is 82.9 Å². The maximum Gasteiger partial charge on any atom is 0.258 e. The number of aromatic nitrogens is 3. The van der Waals surface area contributed by atoms with Gasteiger partial charge in [0.05, 0.1) is 25.0 Å². The Bertz CT molecular complexity index is 1610. The van der Waals surface area contributed by atoms with Crippen LogP contribution in [0.5, 0.6) is 17.2 Å². The zero-order valence-corrected chi connectivity index (χ0v) is 25.8. The Balaban J connectivity index is 0.946. The first-order valence-corrected chi connectivity index (χ1v) is 16.1. The van der Waals surface area contributed by atoms with Gasteiger partial charge in [-0.15, -0.1) is 0 Å². The van der Waals surface area contributed by atoms with Crippen molar-refractivity contribution in [1.82, 2.24) is 25.2 Å². The van der Waals surface area contributed by atoms with E-state index in [9.17, 15) is 9.18 Å². The fraction of sp³-hybridized carbons (Fsp3) is 0.529. The van der Waals surface area contributed by atoms with Crippen molar-refractivity contribution in [3.63, 3.8) is 0 Å². The van der Waals surface area contributed by atoms with Gasteiger partial charge in [0.25, 0.3) is 5.91 Å². The van der Waals surface area contributed by atoms with Gasteiger partial charge in [0.15, 0.2) is 11.6 Å². The van der Waals surface area contributed by atoms with Crippen molar-refractivity contribution in [3.05, 3.63) is 65.6 Å². The minimum absolute atomic E-state index is 0.0409. The van der Waals surface area contributed by atoms with Gasteiger partial charge in [0.1, 0.15) is 29.7 Å². The summed E-state index contributed by atoms with van der Waals surface area (Å²) >= 11 is 0. The topological polar surface area (TPSA) is 102 Å². The van der Waals surface area contributed by atoms with Crippen LogP contribution in [0.3, 0.4) is 0 Å². The van der Waals surface area contributed by atoms with Crippen LogP contribution in [0.15, 0.2) is 43.0 Å². The maximum atomic E-state index is 14.6. The number of fused-ring (bicyclic) bond motifs is 1. The highest BCUT2D eigenvalue weighted by Gasteiger charge is 2.55. The summed E-state index contributed by atoms with van der Waals surface area (Å²) < 4.78 is 32.8. The van der Waals surface area contributed by atoms with Crippen molar-refractivity contribution in [2.45, 2.75) is 70.7 Å². The Labute approximate surface area is 262 Å². The molecule has 1 amide bonds. The number of hydrogen-bond acceptors (Lipinski definition) is 9. The lowest BCUT2D eigenvalue weighted by Crippen LogP contribution is -2.65. The summed E-state index contributed by atoms with van der Waals surface area (Å²) in [6.07, 6.45) is 9.85. The zero-order valence-electron chi connectivity index (χ0n) is 25.8. The highest BCUT2D eigenvalue weighted by Crippen LogP contribution is 2.52. The first kappa shape index (κ1) is 28.6. The minimum atomic E-state index is -0.480. The van der Waals surface area contributed by atoms with Gasteiger partial charge in [-0.25, -0.2) is 14.4 Å². The van der Waals surface area contributed by atoms with Gasteiger partial charge in [0.2, 0.25) is 0 Å². The van der Waals surface area contributed by atoms with Crippen LogP contribution >= 0.6 is 0 Å². The van der Waals surface area contributed by atoms with Crippen molar-refractivity contribution in [3.8, 4) is 17.2 Å². The standard InChI is InChI=1S/C34H39FN6O4/c1-21(2)41(23-10-34(11-23)18-43-19-34)32(42)25-9-22(35)3-4-28(25)45-30-15-37-20-39-31(30)40-16-33(17-40)12-24(13-33)44-29-6-8-38-27-5-7-36-14-26(27)29/h3-4,6,8-9,15,20-21,23-24,36H,5,7,10-14,16-19H2,1-2H3. The van der Waals surface area contributed by atoms with Gasteiger partial charge in [-0.1, -0.05) is 0 Å². The number of carbonyl (C=O) groups excluding carboxylic acids is 1. The van der Waals surface area contributed by atoms with Gasteiger partial charge >= 0.3 is 0 Å². The van der Waals surface area contributed by atoms with Crippen LogP contribution in [0.1, 0.15) is 61.1 Å². The summed E-state index contributed by atoms with van der Waals surface area (Å²) in [5, 5.41) is 3.42. The summed E-state index contributed by atoms with van der Waals surface area (Å²) in [5.74, 6) is 1.65. The SMILES string of the molecule is CC(C)N(C(=O)c1cc(F)ccc1Oc1cncnc1N1CC2(CC(Oc3ccnc4c3CNCC4)C2)C1)C1CC2(COC2)C1. The van der Waals surface area contributed by atoms with Crippen LogP contribution in [0.2, 0.25) is 0 Å². The molecule has 4 fully saturated rings. The second kappa shape index (κ2) is 10.9. The summed E-state index contributed by atoms with van der Waals surface area (Å²) in [6, 6.07) is 6.17. The molecule has 2 aromatic heterocycles. The van der Waals surface area contributed by atoms with E-state index >= 15 is 0 Å². The Morgan fingerprint density at radius 2 is 1.91 bits per heavy atom. The van der Waals surface area contributed by atoms with E-state index in [1.165, 1.54) is 30.1 Å². The average molecular weight is 615 g/mol. The molecule has 3 aromatic rings. The average Bonchev–Trinajstić information content (AvgIpc) is 2.95. The number of nitrogens with one attached hydrogen (secondary N) is 1. The molecule has 3 aliphatic heterocycles. The molecular formula is C34H39FN6O4. The Morgan fingerprint density at radius 1 is 1.09 bits per heavy atom. The molecule has 0 atom stereocenters. The van der Waals surface area contributed by atoms with Gasteiger partial charge < -0.3 is 29.3 Å². The van der Waals surface area contributed by atoms with E-state index < -0.39 is 5.82 Å². The third-order valence-corrected chi connectivity index (χ3v) is 10.3. The normalized spacial score (nSPS) is 22.6. The number of benzene rings is 1. The first-order chi connectivity index (χ1) is 21.8. The molecule has 2 spiro atoms.